The van der Waals surface area contributed by atoms with Crippen molar-refractivity contribution >= 4 is 11.5 Å². The Balaban J connectivity index is 1.90. The fraction of sp³-hybridized carbons (Fsp3) is 0.222. The van der Waals surface area contributed by atoms with Gasteiger partial charge in [0.05, 0.1) is 23.7 Å². The van der Waals surface area contributed by atoms with Gasteiger partial charge in [0.1, 0.15) is 5.82 Å². The highest BCUT2D eigenvalue weighted by atomic mass is 16.6. The number of nitrogens with one attached hydrogen (secondary N) is 1. The van der Waals surface area contributed by atoms with E-state index in [1.54, 1.807) is 17.1 Å². The van der Waals surface area contributed by atoms with Crippen LogP contribution in [0.5, 0.6) is 0 Å². The second-order valence-corrected chi connectivity index (χ2v) is 3.25. The van der Waals surface area contributed by atoms with Gasteiger partial charge in [0, 0.05) is 25.0 Å². The van der Waals surface area contributed by atoms with Crippen molar-refractivity contribution in [2.24, 2.45) is 0 Å². The number of aromatic nitrogens is 4. The Morgan fingerprint density at radius 2 is 2.35 bits per heavy atom. The number of hydrogen-bond donors (Lipinski definition) is 1. The van der Waals surface area contributed by atoms with Gasteiger partial charge in [0.15, 0.2) is 0 Å². The van der Waals surface area contributed by atoms with Crippen molar-refractivity contribution in [3.05, 3.63) is 40.8 Å². The summed E-state index contributed by atoms with van der Waals surface area (Å²) in [4.78, 5) is 14.1. The molecule has 0 fully saturated rings. The van der Waals surface area contributed by atoms with Crippen LogP contribution in [0.3, 0.4) is 0 Å². The van der Waals surface area contributed by atoms with Gasteiger partial charge in [0.25, 0.3) is 5.69 Å². The molecule has 8 heteroatoms. The molecule has 0 aliphatic heterocycles. The van der Waals surface area contributed by atoms with E-state index in [-0.39, 0.29) is 5.69 Å². The van der Waals surface area contributed by atoms with Crippen molar-refractivity contribution in [3.8, 4) is 0 Å². The zero-order valence-electron chi connectivity index (χ0n) is 8.85. The summed E-state index contributed by atoms with van der Waals surface area (Å²) in [5.41, 5.74) is 0.0169. The SMILES string of the molecule is O=[N+]([O-])c1ccnc(NCCn2ccnn2)c1. The summed E-state index contributed by atoms with van der Waals surface area (Å²) < 4.78 is 1.66. The molecule has 0 unspecified atom stereocenters. The Kier molecular flexibility index (Phi) is 3.24. The number of nitrogens with zero attached hydrogens (tertiary/aromatic N) is 5. The standard InChI is InChI=1S/C9H10N6O2/c16-15(17)8-1-2-10-9(7-8)11-3-5-14-6-4-12-13-14/h1-2,4,6-7H,3,5H2,(H,10,11). The van der Waals surface area contributed by atoms with E-state index in [1.165, 1.54) is 18.3 Å². The Hall–Kier alpha value is -2.51. The second kappa shape index (κ2) is 5.01. The topological polar surface area (TPSA) is 98.8 Å². The average Bonchev–Trinajstić information content (AvgIpc) is 2.82. The molecule has 0 amide bonds. The van der Waals surface area contributed by atoms with Gasteiger partial charge in [-0.05, 0) is 0 Å². The predicted octanol–water partition coefficient (Wildman–Crippen LogP) is 0.693. The van der Waals surface area contributed by atoms with Crippen LogP contribution >= 0.6 is 0 Å². The zero-order chi connectivity index (χ0) is 12.1. The van der Waals surface area contributed by atoms with E-state index in [0.717, 1.165) is 0 Å². The quantitative estimate of drug-likeness (QED) is 0.603. The molecule has 8 nitrogen and oxygen atoms in total. The normalized spacial score (nSPS) is 10.1. The van der Waals surface area contributed by atoms with Crippen LogP contribution in [0, 0.1) is 10.1 Å². The van der Waals surface area contributed by atoms with Crippen LogP contribution in [0.1, 0.15) is 0 Å². The van der Waals surface area contributed by atoms with Crippen molar-refractivity contribution in [2.75, 3.05) is 11.9 Å². The van der Waals surface area contributed by atoms with Gasteiger partial charge in [-0.15, -0.1) is 5.10 Å². The Bertz CT molecular complexity index is 498. The summed E-state index contributed by atoms with van der Waals surface area (Å²) in [5, 5.41) is 21.0. The van der Waals surface area contributed by atoms with Crippen molar-refractivity contribution < 1.29 is 4.92 Å². The fourth-order valence-corrected chi connectivity index (χ4v) is 1.28. The van der Waals surface area contributed by atoms with Crippen LogP contribution in [-0.4, -0.2) is 31.4 Å². The van der Waals surface area contributed by atoms with Crippen LogP contribution in [0.25, 0.3) is 0 Å². The summed E-state index contributed by atoms with van der Waals surface area (Å²) in [5.74, 6) is 0.472. The summed E-state index contributed by atoms with van der Waals surface area (Å²) in [6.45, 7) is 1.18. The highest BCUT2D eigenvalue weighted by molar-refractivity contribution is 5.43. The molecule has 88 valence electrons. The molecular formula is C9H10N6O2. The summed E-state index contributed by atoms with van der Waals surface area (Å²) in [7, 11) is 0. The molecule has 2 aromatic rings. The number of pyridine rings is 1. The maximum absolute atomic E-state index is 10.5. The Labute approximate surface area is 96.4 Å². The molecule has 0 aliphatic rings. The lowest BCUT2D eigenvalue weighted by atomic mass is 10.4. The van der Waals surface area contributed by atoms with Gasteiger partial charge in [-0.25, -0.2) is 4.98 Å². The molecule has 0 radical (unpaired) electrons. The summed E-state index contributed by atoms with van der Waals surface area (Å²) in [6.07, 6.45) is 4.73. The lowest BCUT2D eigenvalue weighted by Crippen LogP contribution is -2.11. The van der Waals surface area contributed by atoms with E-state index in [2.05, 4.69) is 20.6 Å². The highest BCUT2D eigenvalue weighted by Crippen LogP contribution is 2.13. The first-order valence-corrected chi connectivity index (χ1v) is 4.94. The molecule has 0 bridgehead atoms. The van der Waals surface area contributed by atoms with E-state index in [1.807, 2.05) is 0 Å². The molecule has 0 aromatic carbocycles. The van der Waals surface area contributed by atoms with Crippen molar-refractivity contribution in [1.29, 1.82) is 0 Å². The molecule has 17 heavy (non-hydrogen) atoms. The molecule has 0 atom stereocenters. The molecule has 0 saturated carbocycles. The van der Waals surface area contributed by atoms with Gasteiger partial charge >= 0.3 is 0 Å². The molecule has 0 spiro atoms. The zero-order valence-corrected chi connectivity index (χ0v) is 8.85. The Morgan fingerprint density at radius 3 is 3.06 bits per heavy atom. The third kappa shape index (κ3) is 2.97. The third-order valence-electron chi connectivity index (χ3n) is 2.07. The van der Waals surface area contributed by atoms with Crippen LogP contribution in [0.2, 0.25) is 0 Å². The highest BCUT2D eigenvalue weighted by Gasteiger charge is 2.05. The first kappa shape index (κ1) is 11.0. The second-order valence-electron chi connectivity index (χ2n) is 3.25. The fourth-order valence-electron chi connectivity index (χ4n) is 1.28. The van der Waals surface area contributed by atoms with Crippen LogP contribution < -0.4 is 5.32 Å². The molecule has 1 N–H and O–H groups in total. The Morgan fingerprint density at radius 1 is 1.47 bits per heavy atom. The van der Waals surface area contributed by atoms with Crippen molar-refractivity contribution in [1.82, 2.24) is 20.0 Å². The van der Waals surface area contributed by atoms with E-state index in [9.17, 15) is 10.1 Å². The van der Waals surface area contributed by atoms with Gasteiger partial charge in [-0.3, -0.25) is 14.8 Å². The lowest BCUT2D eigenvalue weighted by Gasteiger charge is -2.04. The van der Waals surface area contributed by atoms with Crippen LogP contribution in [-0.2, 0) is 6.54 Å². The third-order valence-corrected chi connectivity index (χ3v) is 2.07. The van der Waals surface area contributed by atoms with Crippen LogP contribution in [0.4, 0.5) is 11.5 Å². The van der Waals surface area contributed by atoms with E-state index in [0.29, 0.717) is 18.9 Å². The summed E-state index contributed by atoms with van der Waals surface area (Å²) >= 11 is 0. The molecule has 0 saturated heterocycles. The van der Waals surface area contributed by atoms with E-state index in [4.69, 9.17) is 0 Å². The minimum absolute atomic E-state index is 0.0169. The molecule has 0 aliphatic carbocycles. The number of rotatable bonds is 5. The number of anilines is 1. The maximum Gasteiger partial charge on any atom is 0.274 e. The summed E-state index contributed by atoms with van der Waals surface area (Å²) in [6, 6.07) is 2.74. The van der Waals surface area contributed by atoms with Gasteiger partial charge in [-0.1, -0.05) is 5.21 Å². The van der Waals surface area contributed by atoms with Gasteiger partial charge in [-0.2, -0.15) is 0 Å². The van der Waals surface area contributed by atoms with Crippen molar-refractivity contribution in [3.63, 3.8) is 0 Å². The molecule has 2 heterocycles. The molecule has 2 aromatic heterocycles. The average molecular weight is 234 g/mol. The largest absolute Gasteiger partial charge is 0.368 e. The predicted molar refractivity (Wildman–Crippen MR) is 59.4 cm³/mol. The van der Waals surface area contributed by atoms with Gasteiger partial charge in [0.2, 0.25) is 0 Å². The van der Waals surface area contributed by atoms with E-state index >= 15 is 0 Å². The molecular weight excluding hydrogens is 224 g/mol. The lowest BCUT2D eigenvalue weighted by molar-refractivity contribution is -0.384. The number of nitro groups is 1. The monoisotopic (exact) mass is 234 g/mol. The van der Waals surface area contributed by atoms with E-state index < -0.39 is 4.92 Å². The molecule has 2 rings (SSSR count). The van der Waals surface area contributed by atoms with Crippen LogP contribution in [0.15, 0.2) is 30.7 Å². The first-order chi connectivity index (χ1) is 8.25. The smallest absolute Gasteiger partial charge is 0.274 e. The van der Waals surface area contributed by atoms with Crippen molar-refractivity contribution in [2.45, 2.75) is 6.54 Å². The minimum Gasteiger partial charge on any atom is -0.368 e. The maximum atomic E-state index is 10.5. The number of hydrogen-bond acceptors (Lipinski definition) is 6. The first-order valence-electron chi connectivity index (χ1n) is 4.94. The van der Waals surface area contributed by atoms with Gasteiger partial charge < -0.3 is 5.32 Å². The minimum atomic E-state index is -0.454.